The summed E-state index contributed by atoms with van der Waals surface area (Å²) in [5.74, 6) is 0. The molecule has 0 atom stereocenters. The Bertz CT molecular complexity index is 782. The average molecular weight is 347 g/mol. The fraction of sp³-hybridized carbons (Fsp3) is 0. The van der Waals surface area contributed by atoms with Crippen LogP contribution in [0.25, 0.3) is 12.2 Å². The van der Waals surface area contributed by atoms with Crippen LogP contribution in [0, 0.1) is 0 Å². The zero-order chi connectivity index (χ0) is 17.0. The van der Waals surface area contributed by atoms with E-state index in [0.29, 0.717) is 0 Å². The predicted molar refractivity (Wildman–Crippen MR) is 110 cm³/mol. The van der Waals surface area contributed by atoms with E-state index in [4.69, 9.17) is 11.1 Å². The SMILES string of the molecule is C=Cc1ccc([Si](Cl)(c2ccccc2)c2ccc(C=C)cc2)cc1. The first kappa shape index (κ1) is 16.5. The summed E-state index contributed by atoms with van der Waals surface area (Å²) in [6, 6.07) is 27.2. The van der Waals surface area contributed by atoms with E-state index in [2.05, 4.69) is 86.0 Å². The van der Waals surface area contributed by atoms with Crippen molar-refractivity contribution in [1.82, 2.24) is 0 Å². The van der Waals surface area contributed by atoms with Crippen LogP contribution in [0.4, 0.5) is 0 Å². The average Bonchev–Trinajstić information content (AvgIpc) is 2.68. The van der Waals surface area contributed by atoms with Gasteiger partial charge in [0, 0.05) is 0 Å². The van der Waals surface area contributed by atoms with Gasteiger partial charge in [-0.05, 0) is 26.7 Å². The molecule has 0 aliphatic carbocycles. The lowest BCUT2D eigenvalue weighted by Gasteiger charge is -2.26. The van der Waals surface area contributed by atoms with E-state index in [1.165, 1.54) is 15.6 Å². The maximum absolute atomic E-state index is 7.39. The zero-order valence-electron chi connectivity index (χ0n) is 13.5. The van der Waals surface area contributed by atoms with Crippen molar-refractivity contribution in [2.24, 2.45) is 0 Å². The monoisotopic (exact) mass is 346 g/mol. The van der Waals surface area contributed by atoms with Crippen molar-refractivity contribution >= 4 is 46.2 Å². The fourth-order valence-corrected chi connectivity index (χ4v) is 6.90. The summed E-state index contributed by atoms with van der Waals surface area (Å²) in [5.41, 5.74) is 2.20. The molecule has 24 heavy (non-hydrogen) atoms. The molecule has 0 aliphatic rings. The lowest BCUT2D eigenvalue weighted by atomic mass is 10.2. The molecular weight excluding hydrogens is 328 g/mol. The van der Waals surface area contributed by atoms with Crippen molar-refractivity contribution in [2.75, 3.05) is 0 Å². The minimum Gasteiger partial charge on any atom is -0.149 e. The van der Waals surface area contributed by atoms with Gasteiger partial charge in [0.1, 0.15) is 0 Å². The van der Waals surface area contributed by atoms with Crippen molar-refractivity contribution in [3.8, 4) is 0 Å². The first-order valence-electron chi connectivity index (χ1n) is 7.89. The molecule has 3 aromatic rings. The molecule has 0 aliphatic heterocycles. The fourth-order valence-electron chi connectivity index (χ4n) is 2.87. The normalized spacial score (nSPS) is 11.0. The van der Waals surface area contributed by atoms with Crippen LogP contribution in [0.5, 0.6) is 0 Å². The second-order valence-electron chi connectivity index (χ2n) is 5.68. The van der Waals surface area contributed by atoms with Crippen LogP contribution in [0.2, 0.25) is 0 Å². The summed E-state index contributed by atoms with van der Waals surface area (Å²) < 4.78 is 0. The Labute approximate surface area is 149 Å². The molecule has 0 saturated carbocycles. The van der Waals surface area contributed by atoms with Crippen LogP contribution in [0.1, 0.15) is 11.1 Å². The Morgan fingerprint density at radius 1 is 0.583 bits per heavy atom. The van der Waals surface area contributed by atoms with Crippen molar-refractivity contribution in [3.63, 3.8) is 0 Å². The summed E-state index contributed by atoms with van der Waals surface area (Å²) in [7, 11) is -2.55. The van der Waals surface area contributed by atoms with E-state index < -0.39 is 7.38 Å². The standard InChI is InChI=1S/C22H19ClSi/c1-3-18-10-14-21(15-11-18)24(23,20-8-6-5-7-9-20)22-16-12-19(4-2)13-17-22/h3-17H,1-2H2. The van der Waals surface area contributed by atoms with Gasteiger partial charge >= 0.3 is 0 Å². The van der Waals surface area contributed by atoms with Crippen molar-refractivity contribution in [3.05, 3.63) is 103 Å². The van der Waals surface area contributed by atoms with E-state index in [1.807, 2.05) is 18.2 Å². The Hall–Kier alpha value is -2.35. The molecule has 118 valence electrons. The van der Waals surface area contributed by atoms with Gasteiger partial charge in [-0.3, -0.25) is 0 Å². The summed E-state index contributed by atoms with van der Waals surface area (Å²) in [6.45, 7) is 7.65. The van der Waals surface area contributed by atoms with Crippen LogP contribution in [0.15, 0.2) is 92.0 Å². The highest BCUT2D eigenvalue weighted by atomic mass is 35.6. The minimum atomic E-state index is -2.55. The molecule has 0 saturated heterocycles. The van der Waals surface area contributed by atoms with E-state index in [1.54, 1.807) is 0 Å². The molecule has 0 radical (unpaired) electrons. The molecule has 3 aromatic carbocycles. The predicted octanol–water partition coefficient (Wildman–Crippen LogP) is 4.18. The highest BCUT2D eigenvalue weighted by molar-refractivity contribution is 7.40. The molecular formula is C22H19ClSi. The largest absolute Gasteiger partial charge is 0.247 e. The summed E-state index contributed by atoms with van der Waals surface area (Å²) >= 11 is 7.39. The molecule has 0 fully saturated rings. The van der Waals surface area contributed by atoms with Crippen LogP contribution in [0.3, 0.4) is 0 Å². The van der Waals surface area contributed by atoms with Crippen LogP contribution in [-0.2, 0) is 0 Å². The molecule has 0 nitrogen and oxygen atoms in total. The van der Waals surface area contributed by atoms with Crippen molar-refractivity contribution in [2.45, 2.75) is 0 Å². The highest BCUT2D eigenvalue weighted by Gasteiger charge is 2.37. The first-order valence-corrected chi connectivity index (χ1v) is 10.9. The lowest BCUT2D eigenvalue weighted by molar-refractivity contribution is 1.66. The van der Waals surface area contributed by atoms with Gasteiger partial charge in [-0.15, -0.1) is 11.1 Å². The smallest absolute Gasteiger partial charge is 0.149 e. The molecule has 0 N–H and O–H groups in total. The Morgan fingerprint density at radius 3 is 1.33 bits per heavy atom. The Balaban J connectivity index is 2.19. The lowest BCUT2D eigenvalue weighted by Crippen LogP contribution is -2.62. The van der Waals surface area contributed by atoms with Crippen LogP contribution in [-0.4, -0.2) is 7.38 Å². The minimum absolute atomic E-state index is 1.10. The molecule has 0 bridgehead atoms. The van der Waals surface area contributed by atoms with E-state index in [-0.39, 0.29) is 0 Å². The van der Waals surface area contributed by atoms with Crippen molar-refractivity contribution in [1.29, 1.82) is 0 Å². The van der Waals surface area contributed by atoms with Crippen molar-refractivity contribution < 1.29 is 0 Å². The Kier molecular flexibility index (Phi) is 4.84. The van der Waals surface area contributed by atoms with Crippen LogP contribution < -0.4 is 15.6 Å². The van der Waals surface area contributed by atoms with Gasteiger partial charge in [-0.2, -0.15) is 0 Å². The quantitative estimate of drug-likeness (QED) is 0.369. The van der Waals surface area contributed by atoms with Gasteiger partial charge in [0.25, 0.3) is 0 Å². The molecule has 0 amide bonds. The number of benzene rings is 3. The third-order valence-corrected chi connectivity index (χ3v) is 9.61. The van der Waals surface area contributed by atoms with E-state index >= 15 is 0 Å². The molecule has 0 spiro atoms. The topological polar surface area (TPSA) is 0 Å². The van der Waals surface area contributed by atoms with Gasteiger partial charge in [0.15, 0.2) is 0 Å². The maximum atomic E-state index is 7.39. The zero-order valence-corrected chi connectivity index (χ0v) is 15.2. The van der Waals surface area contributed by atoms with Gasteiger partial charge in [-0.1, -0.05) is 104 Å². The second-order valence-corrected chi connectivity index (χ2v) is 10.4. The van der Waals surface area contributed by atoms with Gasteiger partial charge in [0.05, 0.1) is 0 Å². The van der Waals surface area contributed by atoms with Gasteiger partial charge in [-0.25, -0.2) is 0 Å². The number of hydrogen-bond acceptors (Lipinski definition) is 0. The molecule has 3 rings (SSSR count). The number of halogens is 1. The maximum Gasteiger partial charge on any atom is 0.247 e. The molecule has 0 heterocycles. The third kappa shape index (κ3) is 3.01. The summed E-state index contributed by atoms with van der Waals surface area (Å²) in [4.78, 5) is 0. The van der Waals surface area contributed by atoms with Gasteiger partial charge < -0.3 is 0 Å². The summed E-state index contributed by atoms with van der Waals surface area (Å²) in [5, 5.41) is 3.53. The Morgan fingerprint density at radius 2 is 0.958 bits per heavy atom. The number of rotatable bonds is 5. The van der Waals surface area contributed by atoms with Gasteiger partial charge in [0.2, 0.25) is 7.38 Å². The first-order chi connectivity index (χ1) is 11.7. The third-order valence-electron chi connectivity index (χ3n) is 4.26. The number of hydrogen-bond donors (Lipinski definition) is 0. The summed E-state index contributed by atoms with van der Waals surface area (Å²) in [6.07, 6.45) is 3.70. The van der Waals surface area contributed by atoms with E-state index in [0.717, 1.165) is 11.1 Å². The second kappa shape index (κ2) is 7.04. The van der Waals surface area contributed by atoms with Crippen LogP contribution >= 0.6 is 11.1 Å². The molecule has 0 unspecified atom stereocenters. The molecule has 0 aromatic heterocycles. The molecule has 2 heteroatoms. The van der Waals surface area contributed by atoms with E-state index in [9.17, 15) is 0 Å². The highest BCUT2D eigenvalue weighted by Crippen LogP contribution is 2.14.